The zero-order valence-corrected chi connectivity index (χ0v) is 8.78. The summed E-state index contributed by atoms with van der Waals surface area (Å²) >= 11 is 0. The Kier molecular flexibility index (Phi) is 1.69. The van der Waals surface area contributed by atoms with Crippen molar-refractivity contribution in [3.8, 4) is 0 Å². The van der Waals surface area contributed by atoms with Crippen molar-refractivity contribution in [1.82, 2.24) is 9.80 Å². The van der Waals surface area contributed by atoms with Crippen molar-refractivity contribution in [1.29, 1.82) is 0 Å². The second-order valence-corrected chi connectivity index (χ2v) is 5.26. The lowest BCUT2D eigenvalue weighted by atomic mass is 9.49. The van der Waals surface area contributed by atoms with Gasteiger partial charge in [-0.15, -0.1) is 0 Å². The molecule has 1 heterocycles. The highest BCUT2D eigenvalue weighted by Gasteiger charge is 2.60. The normalized spacial score (nSPS) is 39.9. The minimum Gasteiger partial charge on any atom is -0.339 e. The van der Waals surface area contributed by atoms with Crippen molar-refractivity contribution in [2.45, 2.75) is 37.8 Å². The molecule has 2 saturated carbocycles. The van der Waals surface area contributed by atoms with Crippen molar-refractivity contribution in [2.75, 3.05) is 20.1 Å². The molecule has 0 aromatic carbocycles. The first-order valence-corrected chi connectivity index (χ1v) is 5.68. The number of fused-ring (bicyclic) bond motifs is 2. The molecule has 14 heavy (non-hydrogen) atoms. The number of hydrogen-bond acceptors (Lipinski definition) is 2. The Bertz CT molecular complexity index is 262. The number of hydrogen-bond donors (Lipinski definition) is 0. The van der Waals surface area contributed by atoms with E-state index in [9.17, 15) is 4.79 Å². The van der Waals surface area contributed by atoms with E-state index in [0.29, 0.717) is 17.5 Å². The van der Waals surface area contributed by atoms with E-state index in [4.69, 9.17) is 0 Å². The third-order valence-corrected chi connectivity index (χ3v) is 4.70. The van der Waals surface area contributed by atoms with E-state index >= 15 is 0 Å². The molecule has 1 saturated heterocycles. The Labute approximate surface area is 85.1 Å². The van der Waals surface area contributed by atoms with Crippen LogP contribution in [0.2, 0.25) is 0 Å². The van der Waals surface area contributed by atoms with Crippen molar-refractivity contribution in [3.05, 3.63) is 0 Å². The lowest BCUT2D eigenvalue weighted by molar-refractivity contribution is -0.169. The Balaban J connectivity index is 1.80. The first kappa shape index (κ1) is 8.72. The van der Waals surface area contributed by atoms with Gasteiger partial charge < -0.3 is 4.90 Å². The average Bonchev–Trinajstić information content (AvgIpc) is 2.04. The fourth-order valence-electron chi connectivity index (χ4n) is 3.80. The Morgan fingerprint density at radius 1 is 1.36 bits per heavy atom. The molecular weight excluding hydrogens is 176 g/mol. The second-order valence-electron chi connectivity index (χ2n) is 5.26. The number of likely N-dealkylation sites (N-methyl/N-ethyl adjacent to an activating group) is 1. The van der Waals surface area contributed by atoms with E-state index in [0.717, 1.165) is 19.5 Å². The van der Waals surface area contributed by atoms with Crippen LogP contribution >= 0.6 is 0 Å². The minimum atomic E-state index is 0.534. The highest BCUT2D eigenvalue weighted by molar-refractivity contribution is 5.49. The highest BCUT2D eigenvalue weighted by atomic mass is 16.1. The van der Waals surface area contributed by atoms with E-state index in [1.807, 2.05) is 4.90 Å². The van der Waals surface area contributed by atoms with Gasteiger partial charge in [0.1, 0.15) is 0 Å². The summed E-state index contributed by atoms with van der Waals surface area (Å²) in [5.74, 6) is 0. The number of amides is 1. The third-order valence-electron chi connectivity index (χ3n) is 4.70. The molecule has 2 aliphatic carbocycles. The fraction of sp³-hybridized carbons (Fsp3) is 0.909. The summed E-state index contributed by atoms with van der Waals surface area (Å²) in [6, 6.07) is 1.21. The Hall–Kier alpha value is -0.570. The van der Waals surface area contributed by atoms with Crippen LogP contribution in [0.15, 0.2) is 0 Å². The maximum absolute atomic E-state index is 10.9. The Morgan fingerprint density at radius 2 is 2.14 bits per heavy atom. The SMILES string of the molecule is CN1CCN(C=O)C2CC3(CCC3)C21. The van der Waals surface area contributed by atoms with E-state index in [-0.39, 0.29) is 0 Å². The molecule has 3 heteroatoms. The van der Waals surface area contributed by atoms with Gasteiger partial charge in [0, 0.05) is 25.2 Å². The lowest BCUT2D eigenvalue weighted by Gasteiger charge is -2.67. The molecule has 3 fully saturated rings. The lowest BCUT2D eigenvalue weighted by Crippen LogP contribution is -2.74. The molecule has 78 valence electrons. The molecule has 0 aromatic heterocycles. The smallest absolute Gasteiger partial charge is 0.210 e. The zero-order valence-electron chi connectivity index (χ0n) is 8.78. The van der Waals surface area contributed by atoms with Gasteiger partial charge in [0.05, 0.1) is 0 Å². The average molecular weight is 194 g/mol. The summed E-state index contributed by atoms with van der Waals surface area (Å²) in [6.07, 6.45) is 6.51. The van der Waals surface area contributed by atoms with Gasteiger partial charge in [0.25, 0.3) is 0 Å². The van der Waals surface area contributed by atoms with Gasteiger partial charge in [-0.1, -0.05) is 6.42 Å². The van der Waals surface area contributed by atoms with Crippen molar-refractivity contribution in [3.63, 3.8) is 0 Å². The predicted octanol–water partition coefficient (Wildman–Crippen LogP) is 0.701. The number of carbonyl (C=O) groups is 1. The number of carbonyl (C=O) groups excluding carboxylic acids is 1. The maximum Gasteiger partial charge on any atom is 0.210 e. The molecule has 2 unspecified atom stereocenters. The molecule has 0 N–H and O–H groups in total. The molecular formula is C11H18N2O. The van der Waals surface area contributed by atoms with Crippen LogP contribution in [0.5, 0.6) is 0 Å². The van der Waals surface area contributed by atoms with Gasteiger partial charge in [-0.3, -0.25) is 9.69 Å². The van der Waals surface area contributed by atoms with Crippen LogP contribution in [-0.4, -0.2) is 48.4 Å². The summed E-state index contributed by atoms with van der Waals surface area (Å²) < 4.78 is 0. The summed E-state index contributed by atoms with van der Waals surface area (Å²) in [5.41, 5.74) is 0.612. The van der Waals surface area contributed by atoms with Gasteiger partial charge >= 0.3 is 0 Å². The zero-order chi connectivity index (χ0) is 9.76. The first-order valence-electron chi connectivity index (χ1n) is 5.68. The topological polar surface area (TPSA) is 23.6 Å². The maximum atomic E-state index is 10.9. The highest BCUT2D eigenvalue weighted by Crippen LogP contribution is 2.59. The van der Waals surface area contributed by atoms with E-state index in [1.54, 1.807) is 0 Å². The van der Waals surface area contributed by atoms with Crippen molar-refractivity contribution < 1.29 is 4.79 Å². The van der Waals surface area contributed by atoms with E-state index < -0.39 is 0 Å². The minimum absolute atomic E-state index is 0.534. The molecule has 2 atom stereocenters. The molecule has 1 spiro atoms. The van der Waals surface area contributed by atoms with Crippen molar-refractivity contribution in [2.24, 2.45) is 5.41 Å². The van der Waals surface area contributed by atoms with E-state index in [2.05, 4.69) is 11.9 Å². The van der Waals surface area contributed by atoms with Crippen molar-refractivity contribution >= 4 is 6.41 Å². The molecule has 3 rings (SSSR count). The first-order chi connectivity index (χ1) is 6.77. The standard InChI is InChI=1S/C11H18N2O/c1-12-5-6-13(8-14)9-7-11(10(9)12)3-2-4-11/h8-10H,2-7H2,1H3. The summed E-state index contributed by atoms with van der Waals surface area (Å²) in [6.45, 7) is 1.99. The molecule has 1 aliphatic heterocycles. The number of nitrogens with zero attached hydrogens (tertiary/aromatic N) is 2. The predicted molar refractivity (Wildman–Crippen MR) is 53.9 cm³/mol. The van der Waals surface area contributed by atoms with Gasteiger partial charge in [-0.2, -0.15) is 0 Å². The van der Waals surface area contributed by atoms with Gasteiger partial charge in [-0.05, 0) is 31.7 Å². The van der Waals surface area contributed by atoms with Crippen LogP contribution in [0, 0.1) is 5.41 Å². The molecule has 1 amide bonds. The van der Waals surface area contributed by atoms with Crippen LogP contribution in [0.4, 0.5) is 0 Å². The molecule has 3 aliphatic rings. The molecule has 0 radical (unpaired) electrons. The van der Waals surface area contributed by atoms with Crippen LogP contribution in [0.25, 0.3) is 0 Å². The fourth-order valence-corrected chi connectivity index (χ4v) is 3.80. The summed E-state index contributed by atoms with van der Waals surface area (Å²) in [7, 11) is 2.22. The van der Waals surface area contributed by atoms with Gasteiger partial charge in [0.15, 0.2) is 0 Å². The van der Waals surface area contributed by atoms with Crippen LogP contribution in [0.3, 0.4) is 0 Å². The quantitative estimate of drug-likeness (QED) is 0.574. The number of rotatable bonds is 1. The summed E-state index contributed by atoms with van der Waals surface area (Å²) in [4.78, 5) is 15.4. The van der Waals surface area contributed by atoms with Crippen LogP contribution in [-0.2, 0) is 4.79 Å². The largest absolute Gasteiger partial charge is 0.339 e. The van der Waals surface area contributed by atoms with Gasteiger partial charge in [-0.25, -0.2) is 0 Å². The summed E-state index contributed by atoms with van der Waals surface area (Å²) in [5, 5.41) is 0. The molecule has 0 aromatic rings. The van der Waals surface area contributed by atoms with E-state index in [1.165, 1.54) is 25.7 Å². The Morgan fingerprint density at radius 3 is 2.71 bits per heavy atom. The molecule has 0 bridgehead atoms. The monoisotopic (exact) mass is 194 g/mol. The van der Waals surface area contributed by atoms with Gasteiger partial charge in [0.2, 0.25) is 6.41 Å². The molecule has 3 nitrogen and oxygen atoms in total. The third kappa shape index (κ3) is 0.888. The number of piperazine rings is 1. The second kappa shape index (κ2) is 2.72. The van der Waals surface area contributed by atoms with Crippen LogP contribution < -0.4 is 0 Å². The van der Waals surface area contributed by atoms with Crippen LogP contribution in [0.1, 0.15) is 25.7 Å².